The fourth-order valence-corrected chi connectivity index (χ4v) is 3.44. The second-order valence-corrected chi connectivity index (χ2v) is 6.88. The molecule has 0 N–H and O–H groups in total. The predicted octanol–water partition coefficient (Wildman–Crippen LogP) is 6.42. The minimum Gasteiger partial charge on any atom is -0.103 e. The molecule has 1 fully saturated rings. The van der Waals surface area contributed by atoms with E-state index >= 15 is 0 Å². The molecule has 1 saturated carbocycles. The Morgan fingerprint density at radius 1 is 1.19 bits per heavy atom. The number of benzene rings is 1. The summed E-state index contributed by atoms with van der Waals surface area (Å²) in [5.74, 6) is 2.48. The van der Waals surface area contributed by atoms with E-state index in [0.29, 0.717) is 0 Å². The molecule has 0 spiro atoms. The second kappa shape index (κ2) is 7.64. The van der Waals surface area contributed by atoms with Crippen molar-refractivity contribution < 1.29 is 0 Å². The van der Waals surface area contributed by atoms with Gasteiger partial charge in [-0.3, -0.25) is 0 Å². The van der Waals surface area contributed by atoms with Gasteiger partial charge in [0.2, 0.25) is 0 Å². The van der Waals surface area contributed by atoms with E-state index in [9.17, 15) is 0 Å². The number of hydrogen-bond donors (Lipinski definition) is 0. The van der Waals surface area contributed by atoms with Crippen molar-refractivity contribution in [2.45, 2.75) is 52.9 Å². The highest BCUT2D eigenvalue weighted by Crippen LogP contribution is 2.35. The van der Waals surface area contributed by atoms with E-state index in [1.165, 1.54) is 48.8 Å². The molecule has 0 heterocycles. The van der Waals surface area contributed by atoms with Gasteiger partial charge in [-0.05, 0) is 74.8 Å². The zero-order valence-electron chi connectivity index (χ0n) is 13.9. The molecule has 0 amide bonds. The smallest absolute Gasteiger partial charge is 0.0230 e. The van der Waals surface area contributed by atoms with Crippen LogP contribution >= 0.6 is 0 Å². The second-order valence-electron chi connectivity index (χ2n) is 6.88. The Kier molecular flexibility index (Phi) is 5.85. The van der Waals surface area contributed by atoms with Crippen molar-refractivity contribution in [2.24, 2.45) is 17.8 Å². The van der Waals surface area contributed by atoms with Gasteiger partial charge in [-0.25, -0.2) is 0 Å². The molecule has 2 rings (SSSR count). The maximum Gasteiger partial charge on any atom is -0.0230 e. The summed E-state index contributed by atoms with van der Waals surface area (Å²) >= 11 is 0. The molecule has 21 heavy (non-hydrogen) atoms. The van der Waals surface area contributed by atoms with E-state index in [2.05, 4.69) is 63.8 Å². The summed E-state index contributed by atoms with van der Waals surface area (Å²) in [5.41, 5.74) is 4.11. The summed E-state index contributed by atoms with van der Waals surface area (Å²) < 4.78 is 0. The van der Waals surface area contributed by atoms with E-state index in [1.54, 1.807) is 0 Å². The minimum atomic E-state index is 0.776. The van der Waals surface area contributed by atoms with Crippen LogP contribution in [0.5, 0.6) is 0 Å². The fourth-order valence-electron chi connectivity index (χ4n) is 3.44. The Morgan fingerprint density at radius 2 is 1.81 bits per heavy atom. The number of allylic oxidation sites excluding steroid dienone is 3. The Labute approximate surface area is 131 Å². The van der Waals surface area contributed by atoms with E-state index in [1.807, 2.05) is 0 Å². The van der Waals surface area contributed by atoms with Crippen LogP contribution in [-0.4, -0.2) is 0 Å². The normalized spacial score (nSPS) is 24.6. The van der Waals surface area contributed by atoms with Crippen LogP contribution in [0.1, 0.15) is 57.1 Å². The molecule has 1 aliphatic carbocycles. The predicted molar refractivity (Wildman–Crippen MR) is 94.3 cm³/mol. The lowest BCUT2D eigenvalue weighted by Gasteiger charge is -2.30. The molecule has 1 atom stereocenters. The van der Waals surface area contributed by atoms with Crippen LogP contribution in [-0.2, 0) is 0 Å². The van der Waals surface area contributed by atoms with Crippen molar-refractivity contribution in [3.63, 3.8) is 0 Å². The van der Waals surface area contributed by atoms with Crippen molar-refractivity contribution in [3.8, 4) is 0 Å². The molecular formula is C21H30. The maximum absolute atomic E-state index is 3.94. The van der Waals surface area contributed by atoms with E-state index in [0.717, 1.165) is 17.8 Å². The summed E-state index contributed by atoms with van der Waals surface area (Å²) in [6.45, 7) is 10.8. The monoisotopic (exact) mass is 282 g/mol. The number of rotatable bonds is 5. The lowest BCUT2D eigenvalue weighted by Crippen LogP contribution is -2.18. The van der Waals surface area contributed by atoms with Gasteiger partial charge < -0.3 is 0 Å². The molecule has 0 aromatic heterocycles. The number of hydrogen-bond acceptors (Lipinski definition) is 0. The molecule has 0 nitrogen and oxygen atoms in total. The van der Waals surface area contributed by atoms with Crippen LogP contribution in [0, 0.1) is 24.7 Å². The van der Waals surface area contributed by atoms with Crippen LogP contribution in [0.4, 0.5) is 0 Å². The minimum absolute atomic E-state index is 0.776. The van der Waals surface area contributed by atoms with Gasteiger partial charge >= 0.3 is 0 Å². The first-order valence-electron chi connectivity index (χ1n) is 8.46. The van der Waals surface area contributed by atoms with Crippen molar-refractivity contribution in [1.29, 1.82) is 0 Å². The summed E-state index contributed by atoms with van der Waals surface area (Å²) in [6.07, 6.45) is 11.3. The van der Waals surface area contributed by atoms with Crippen LogP contribution in [0.25, 0.3) is 5.57 Å². The summed E-state index contributed by atoms with van der Waals surface area (Å²) in [4.78, 5) is 0. The summed E-state index contributed by atoms with van der Waals surface area (Å²) in [6, 6.07) is 8.88. The van der Waals surface area contributed by atoms with Crippen molar-refractivity contribution >= 4 is 5.57 Å². The molecule has 0 bridgehead atoms. The molecular weight excluding hydrogens is 252 g/mol. The summed E-state index contributed by atoms with van der Waals surface area (Å²) in [7, 11) is 0. The molecule has 0 saturated heterocycles. The van der Waals surface area contributed by atoms with Gasteiger partial charge in [0.15, 0.2) is 0 Å². The molecule has 1 aliphatic rings. The van der Waals surface area contributed by atoms with Crippen LogP contribution in [0.15, 0.2) is 43.0 Å². The lowest BCUT2D eigenvalue weighted by molar-refractivity contribution is 0.237. The van der Waals surface area contributed by atoms with Crippen LogP contribution < -0.4 is 0 Å². The van der Waals surface area contributed by atoms with Crippen molar-refractivity contribution in [3.05, 3.63) is 54.1 Å². The maximum atomic E-state index is 3.94. The van der Waals surface area contributed by atoms with Gasteiger partial charge in [-0.2, -0.15) is 0 Å². The van der Waals surface area contributed by atoms with Gasteiger partial charge in [-0.15, -0.1) is 6.58 Å². The van der Waals surface area contributed by atoms with Gasteiger partial charge in [0.1, 0.15) is 0 Å². The van der Waals surface area contributed by atoms with Gasteiger partial charge in [0, 0.05) is 0 Å². The average Bonchev–Trinajstić information content (AvgIpc) is 2.53. The third kappa shape index (κ3) is 4.59. The first-order valence-corrected chi connectivity index (χ1v) is 8.46. The molecule has 1 aromatic carbocycles. The molecule has 1 unspecified atom stereocenters. The van der Waals surface area contributed by atoms with Gasteiger partial charge in [0.05, 0.1) is 0 Å². The SMILES string of the molecule is C=CC1CCC(C(C)C/C=C(\C)c2ccc(C)cc2)CC1. The Morgan fingerprint density at radius 3 is 2.38 bits per heavy atom. The van der Waals surface area contributed by atoms with E-state index in [4.69, 9.17) is 0 Å². The summed E-state index contributed by atoms with van der Waals surface area (Å²) in [5, 5.41) is 0. The molecule has 0 radical (unpaired) electrons. The van der Waals surface area contributed by atoms with E-state index in [-0.39, 0.29) is 0 Å². The molecule has 114 valence electrons. The number of aryl methyl sites for hydroxylation is 1. The highest BCUT2D eigenvalue weighted by Gasteiger charge is 2.23. The molecule has 0 aliphatic heterocycles. The standard InChI is InChI=1S/C21H30/c1-5-19-10-14-21(15-11-19)18(4)9-8-17(3)20-12-6-16(2)7-13-20/h5-8,12-13,18-19,21H,1,9-11,14-15H2,2-4H3/b17-8+. The third-order valence-electron chi connectivity index (χ3n) is 5.26. The average molecular weight is 282 g/mol. The lowest BCUT2D eigenvalue weighted by atomic mass is 9.75. The topological polar surface area (TPSA) is 0 Å². The third-order valence-corrected chi connectivity index (χ3v) is 5.26. The Balaban J connectivity index is 1.88. The Hall–Kier alpha value is -1.30. The van der Waals surface area contributed by atoms with Crippen LogP contribution in [0.2, 0.25) is 0 Å². The highest BCUT2D eigenvalue weighted by molar-refractivity contribution is 5.63. The Bertz CT molecular complexity index is 469. The van der Waals surface area contributed by atoms with Crippen LogP contribution in [0.3, 0.4) is 0 Å². The highest BCUT2D eigenvalue weighted by atomic mass is 14.3. The van der Waals surface area contributed by atoms with E-state index < -0.39 is 0 Å². The fraction of sp³-hybridized carbons (Fsp3) is 0.524. The first-order chi connectivity index (χ1) is 10.1. The van der Waals surface area contributed by atoms with Gasteiger partial charge in [-0.1, -0.05) is 48.9 Å². The quantitative estimate of drug-likeness (QED) is 0.547. The molecule has 1 aromatic rings. The first kappa shape index (κ1) is 16.1. The zero-order valence-corrected chi connectivity index (χ0v) is 13.9. The van der Waals surface area contributed by atoms with Crippen molar-refractivity contribution in [1.82, 2.24) is 0 Å². The zero-order chi connectivity index (χ0) is 15.2. The van der Waals surface area contributed by atoms with Gasteiger partial charge in [0.25, 0.3) is 0 Å². The molecule has 0 heteroatoms. The largest absolute Gasteiger partial charge is 0.103 e. The van der Waals surface area contributed by atoms with Crippen molar-refractivity contribution in [2.75, 3.05) is 0 Å².